The van der Waals surface area contributed by atoms with Gasteiger partial charge in [-0.2, -0.15) is 0 Å². The van der Waals surface area contributed by atoms with Crippen LogP contribution in [0.1, 0.15) is 39.4 Å². The predicted molar refractivity (Wildman–Crippen MR) is 142 cm³/mol. The predicted octanol–water partition coefficient (Wildman–Crippen LogP) is 5.76. The summed E-state index contributed by atoms with van der Waals surface area (Å²) in [6, 6.07) is 15.4. The molecule has 0 bridgehead atoms. The lowest BCUT2D eigenvalue weighted by molar-refractivity contribution is -0.117. The standard InChI is InChI=1S/C29H22ClNO8/c1-3-38-29(36)16-4-8-19(9-5-16)31-24(15-6-10-20(32)11-7-15)23(26(34)28(31)35)25(33)21-13-17-12-18(30)14-22(37-2)27(17)39-21/h4-14,24,32,34H,3H2,1-2H3. The largest absolute Gasteiger partial charge is 0.508 e. The van der Waals surface area contributed by atoms with Crippen molar-refractivity contribution in [3.05, 3.63) is 100.0 Å². The number of aliphatic hydroxyl groups excluding tert-OH is 1. The molecule has 4 aromatic rings. The smallest absolute Gasteiger partial charge is 0.338 e. The highest BCUT2D eigenvalue weighted by Gasteiger charge is 2.45. The van der Waals surface area contributed by atoms with Crippen LogP contribution in [-0.4, -0.2) is 41.6 Å². The molecule has 198 valence electrons. The van der Waals surface area contributed by atoms with Crippen LogP contribution in [0.4, 0.5) is 5.69 Å². The van der Waals surface area contributed by atoms with Gasteiger partial charge in [-0.25, -0.2) is 4.79 Å². The van der Waals surface area contributed by atoms with Crippen molar-refractivity contribution in [1.29, 1.82) is 0 Å². The number of fused-ring (bicyclic) bond motifs is 1. The van der Waals surface area contributed by atoms with Gasteiger partial charge in [-0.3, -0.25) is 14.5 Å². The van der Waals surface area contributed by atoms with Gasteiger partial charge in [-0.15, -0.1) is 0 Å². The first-order chi connectivity index (χ1) is 18.7. The van der Waals surface area contributed by atoms with Gasteiger partial charge in [-0.05, 0) is 61.0 Å². The number of benzene rings is 3. The second-order valence-electron chi connectivity index (χ2n) is 8.67. The number of furan rings is 1. The van der Waals surface area contributed by atoms with Crippen molar-refractivity contribution < 1.29 is 38.5 Å². The number of rotatable bonds is 7. The number of carbonyl (C=O) groups is 3. The number of phenols is 1. The quantitative estimate of drug-likeness (QED) is 0.221. The number of aliphatic hydroxyl groups is 1. The molecule has 9 nitrogen and oxygen atoms in total. The molecule has 1 amide bonds. The average Bonchev–Trinajstić information content (AvgIpc) is 3.47. The van der Waals surface area contributed by atoms with Crippen LogP contribution >= 0.6 is 11.6 Å². The number of amides is 1. The zero-order chi connectivity index (χ0) is 27.8. The number of phenolic OH excluding ortho intramolecular Hbond substituents is 1. The van der Waals surface area contributed by atoms with Gasteiger partial charge >= 0.3 is 5.97 Å². The highest BCUT2D eigenvalue weighted by molar-refractivity contribution is 6.31. The number of esters is 1. The minimum Gasteiger partial charge on any atom is -0.508 e. The van der Waals surface area contributed by atoms with E-state index in [1.165, 1.54) is 54.5 Å². The Labute approximate surface area is 227 Å². The first-order valence-electron chi connectivity index (χ1n) is 11.9. The lowest BCUT2D eigenvalue weighted by atomic mass is 9.94. The molecule has 1 aliphatic heterocycles. The van der Waals surface area contributed by atoms with Gasteiger partial charge in [0.2, 0.25) is 5.78 Å². The van der Waals surface area contributed by atoms with Crippen LogP contribution in [0.25, 0.3) is 11.0 Å². The number of anilines is 1. The third-order valence-electron chi connectivity index (χ3n) is 6.31. The molecule has 5 rings (SSSR count). The summed E-state index contributed by atoms with van der Waals surface area (Å²) in [4.78, 5) is 40.6. The molecule has 1 unspecified atom stereocenters. The lowest BCUT2D eigenvalue weighted by Crippen LogP contribution is -2.31. The van der Waals surface area contributed by atoms with E-state index in [-0.39, 0.29) is 34.8 Å². The van der Waals surface area contributed by atoms with E-state index in [9.17, 15) is 24.6 Å². The van der Waals surface area contributed by atoms with Crippen molar-refractivity contribution in [1.82, 2.24) is 0 Å². The Bertz CT molecular complexity index is 1640. The van der Waals surface area contributed by atoms with E-state index in [0.717, 1.165) is 0 Å². The first kappa shape index (κ1) is 25.9. The number of hydrogen-bond donors (Lipinski definition) is 2. The lowest BCUT2D eigenvalue weighted by Gasteiger charge is -2.27. The van der Waals surface area contributed by atoms with E-state index < -0.39 is 29.5 Å². The van der Waals surface area contributed by atoms with Gasteiger partial charge < -0.3 is 24.1 Å². The number of nitrogens with zero attached hydrogens (tertiary/aromatic N) is 1. The zero-order valence-electron chi connectivity index (χ0n) is 20.8. The first-order valence-corrected chi connectivity index (χ1v) is 12.3. The maximum atomic E-state index is 13.8. The summed E-state index contributed by atoms with van der Waals surface area (Å²) < 4.78 is 16.1. The molecule has 1 aliphatic rings. The number of aromatic hydroxyl groups is 1. The Hall–Kier alpha value is -4.76. The Kier molecular flexibility index (Phi) is 6.76. The fourth-order valence-corrected chi connectivity index (χ4v) is 4.75. The van der Waals surface area contributed by atoms with Crippen LogP contribution < -0.4 is 9.64 Å². The minimum absolute atomic E-state index is 0.0178. The van der Waals surface area contributed by atoms with Crippen LogP contribution in [0.2, 0.25) is 5.02 Å². The van der Waals surface area contributed by atoms with E-state index in [4.69, 9.17) is 25.5 Å². The SMILES string of the molecule is CCOC(=O)c1ccc(N2C(=O)C(O)=C(C(=O)c3cc4cc(Cl)cc(OC)c4o3)C2c2ccc(O)cc2)cc1. The second kappa shape index (κ2) is 10.2. The van der Waals surface area contributed by atoms with Crippen molar-refractivity contribution in [3.63, 3.8) is 0 Å². The third kappa shape index (κ3) is 4.57. The van der Waals surface area contributed by atoms with Crippen LogP contribution in [-0.2, 0) is 9.53 Å². The average molecular weight is 548 g/mol. The number of carbonyl (C=O) groups excluding carboxylic acids is 3. The van der Waals surface area contributed by atoms with Crippen LogP contribution in [0, 0.1) is 0 Å². The van der Waals surface area contributed by atoms with Gasteiger partial charge in [0.05, 0.1) is 30.9 Å². The second-order valence-corrected chi connectivity index (χ2v) is 9.10. The van der Waals surface area contributed by atoms with Gasteiger partial charge in [-0.1, -0.05) is 23.7 Å². The fraction of sp³-hybridized carbons (Fsp3) is 0.138. The number of ketones is 1. The summed E-state index contributed by atoms with van der Waals surface area (Å²) >= 11 is 6.16. The topological polar surface area (TPSA) is 127 Å². The number of ether oxygens (including phenoxy) is 2. The molecule has 0 fully saturated rings. The molecular weight excluding hydrogens is 526 g/mol. The van der Waals surface area contributed by atoms with Gasteiger partial charge in [0.15, 0.2) is 22.9 Å². The summed E-state index contributed by atoms with van der Waals surface area (Å²) in [7, 11) is 1.44. The van der Waals surface area contributed by atoms with E-state index in [0.29, 0.717) is 27.4 Å². The molecule has 0 radical (unpaired) electrons. The summed E-state index contributed by atoms with van der Waals surface area (Å²) in [5.41, 5.74) is 1.10. The minimum atomic E-state index is -1.07. The number of hydrogen-bond acceptors (Lipinski definition) is 8. The number of halogens is 1. The fourth-order valence-electron chi connectivity index (χ4n) is 4.53. The van der Waals surface area contributed by atoms with Gasteiger partial charge in [0.1, 0.15) is 5.75 Å². The Balaban J connectivity index is 1.61. The summed E-state index contributed by atoms with van der Waals surface area (Å²) in [6.45, 7) is 1.90. The normalized spacial score (nSPS) is 15.2. The van der Waals surface area contributed by atoms with Crippen molar-refractivity contribution in [2.45, 2.75) is 13.0 Å². The number of Topliss-reactive ketones (excluding diaryl/α,β-unsaturated/α-hetero) is 1. The van der Waals surface area contributed by atoms with Crippen molar-refractivity contribution >= 4 is 45.9 Å². The maximum Gasteiger partial charge on any atom is 0.338 e. The molecular formula is C29H22ClNO8. The molecule has 10 heteroatoms. The highest BCUT2D eigenvalue weighted by Crippen LogP contribution is 2.43. The van der Waals surface area contributed by atoms with Crippen LogP contribution in [0.15, 0.2) is 82.5 Å². The molecule has 2 N–H and O–H groups in total. The van der Waals surface area contributed by atoms with Crippen molar-refractivity contribution in [2.75, 3.05) is 18.6 Å². The third-order valence-corrected chi connectivity index (χ3v) is 6.53. The van der Waals surface area contributed by atoms with Crippen molar-refractivity contribution in [3.8, 4) is 11.5 Å². The van der Waals surface area contributed by atoms with Gasteiger partial charge in [0, 0.05) is 22.2 Å². The molecule has 1 atom stereocenters. The number of methoxy groups -OCH3 is 1. The molecule has 0 saturated carbocycles. The molecule has 39 heavy (non-hydrogen) atoms. The highest BCUT2D eigenvalue weighted by atomic mass is 35.5. The Morgan fingerprint density at radius 2 is 1.72 bits per heavy atom. The summed E-state index contributed by atoms with van der Waals surface area (Å²) in [5.74, 6) is -2.66. The Morgan fingerprint density at radius 3 is 2.36 bits per heavy atom. The molecule has 0 aliphatic carbocycles. The van der Waals surface area contributed by atoms with Gasteiger partial charge in [0.25, 0.3) is 5.91 Å². The molecule has 3 aromatic carbocycles. The van der Waals surface area contributed by atoms with Crippen LogP contribution in [0.5, 0.6) is 11.5 Å². The monoisotopic (exact) mass is 547 g/mol. The molecule has 0 saturated heterocycles. The van der Waals surface area contributed by atoms with E-state index in [2.05, 4.69) is 0 Å². The maximum absolute atomic E-state index is 13.8. The summed E-state index contributed by atoms with van der Waals surface area (Å²) in [6.07, 6.45) is 0. The van der Waals surface area contributed by atoms with E-state index >= 15 is 0 Å². The molecule has 1 aromatic heterocycles. The summed E-state index contributed by atoms with van der Waals surface area (Å²) in [5, 5.41) is 21.7. The van der Waals surface area contributed by atoms with Crippen molar-refractivity contribution in [2.24, 2.45) is 0 Å². The zero-order valence-corrected chi connectivity index (χ0v) is 21.6. The Morgan fingerprint density at radius 1 is 1.03 bits per heavy atom. The molecule has 2 heterocycles. The van der Waals surface area contributed by atoms with E-state index in [1.54, 1.807) is 31.2 Å². The van der Waals surface area contributed by atoms with Crippen LogP contribution in [0.3, 0.4) is 0 Å². The molecule has 0 spiro atoms. The van der Waals surface area contributed by atoms with E-state index in [1.807, 2.05) is 0 Å².